The molecule has 4 heteroatoms. The van der Waals surface area contributed by atoms with Crippen LogP contribution >= 0.6 is 0 Å². The zero-order valence-corrected chi connectivity index (χ0v) is 10.8. The fourth-order valence-corrected chi connectivity index (χ4v) is 3.49. The van der Waals surface area contributed by atoms with Crippen molar-refractivity contribution < 1.29 is 14.2 Å². The average Bonchev–Trinajstić information content (AvgIpc) is 3.15. The highest BCUT2D eigenvalue weighted by atomic mass is 19.1. The highest BCUT2D eigenvalue weighted by Crippen LogP contribution is 2.45. The van der Waals surface area contributed by atoms with Crippen LogP contribution < -0.4 is 4.74 Å². The first-order chi connectivity index (χ1) is 9.15. The van der Waals surface area contributed by atoms with Crippen LogP contribution in [0.2, 0.25) is 0 Å². The Morgan fingerprint density at radius 2 is 2.21 bits per heavy atom. The van der Waals surface area contributed by atoms with E-state index in [4.69, 9.17) is 4.74 Å². The first-order valence-corrected chi connectivity index (χ1v) is 7.06. The summed E-state index contributed by atoms with van der Waals surface area (Å²) in [4.78, 5) is 2.47. The Balaban J connectivity index is 1.62. The molecule has 0 radical (unpaired) electrons. The maximum absolute atomic E-state index is 13.2. The lowest BCUT2D eigenvalue weighted by Gasteiger charge is -2.38. The van der Waals surface area contributed by atoms with Crippen molar-refractivity contribution in [1.82, 2.24) is 4.90 Å². The minimum absolute atomic E-state index is 0.271. The maximum Gasteiger partial charge on any atom is 0.126 e. The Labute approximate surface area is 112 Å². The van der Waals surface area contributed by atoms with Gasteiger partial charge in [-0.05, 0) is 31.0 Å². The molecule has 4 rings (SSSR count). The van der Waals surface area contributed by atoms with Crippen LogP contribution in [0, 0.1) is 5.82 Å². The van der Waals surface area contributed by atoms with Gasteiger partial charge in [-0.2, -0.15) is 0 Å². The molecule has 2 heterocycles. The molecule has 1 spiro atoms. The second kappa shape index (κ2) is 3.93. The van der Waals surface area contributed by atoms with Gasteiger partial charge < -0.3 is 9.84 Å². The quantitative estimate of drug-likeness (QED) is 0.843. The van der Waals surface area contributed by atoms with Gasteiger partial charge in [-0.25, -0.2) is 4.39 Å². The Bertz CT molecular complexity index is 517. The van der Waals surface area contributed by atoms with Gasteiger partial charge in [-0.3, -0.25) is 4.90 Å². The molecule has 1 N–H and O–H groups in total. The second-order valence-corrected chi connectivity index (χ2v) is 6.14. The van der Waals surface area contributed by atoms with E-state index in [-0.39, 0.29) is 11.4 Å². The molecule has 102 valence electrons. The van der Waals surface area contributed by atoms with E-state index in [1.165, 1.54) is 25.0 Å². The Kier molecular flexibility index (Phi) is 2.42. The number of nitrogens with zero attached hydrogens (tertiary/aromatic N) is 1. The predicted octanol–water partition coefficient (Wildman–Crippen LogP) is 2.25. The summed E-state index contributed by atoms with van der Waals surface area (Å²) in [6.45, 7) is 1.94. The molecule has 1 saturated heterocycles. The number of hydrogen-bond donors (Lipinski definition) is 1. The van der Waals surface area contributed by atoms with Crippen LogP contribution in [0.3, 0.4) is 0 Å². The van der Waals surface area contributed by atoms with Crippen LogP contribution in [0.15, 0.2) is 18.2 Å². The van der Waals surface area contributed by atoms with Crippen molar-refractivity contribution in [2.45, 2.75) is 43.4 Å². The topological polar surface area (TPSA) is 32.7 Å². The van der Waals surface area contributed by atoms with Gasteiger partial charge in [-0.1, -0.05) is 0 Å². The summed E-state index contributed by atoms with van der Waals surface area (Å²) >= 11 is 0. The van der Waals surface area contributed by atoms with Gasteiger partial charge in [0, 0.05) is 37.5 Å². The summed E-state index contributed by atoms with van der Waals surface area (Å²) in [7, 11) is 0. The lowest BCUT2D eigenvalue weighted by molar-refractivity contribution is -0.00786. The van der Waals surface area contributed by atoms with Gasteiger partial charge in [0.2, 0.25) is 0 Å². The molecule has 3 aliphatic rings. The summed E-state index contributed by atoms with van der Waals surface area (Å²) in [6.07, 6.45) is 3.50. The van der Waals surface area contributed by atoms with Crippen molar-refractivity contribution in [2.75, 3.05) is 13.1 Å². The molecule has 1 aliphatic carbocycles. The average molecular weight is 263 g/mol. The minimum atomic E-state index is -0.612. The fourth-order valence-electron chi connectivity index (χ4n) is 3.49. The summed E-state index contributed by atoms with van der Waals surface area (Å²) in [6, 6.07) is 5.17. The van der Waals surface area contributed by atoms with Gasteiger partial charge in [0.15, 0.2) is 0 Å². The summed E-state index contributed by atoms with van der Waals surface area (Å²) in [5, 5.41) is 10.3. The molecule has 1 aromatic carbocycles. The number of ether oxygens (including phenoxy) is 1. The third kappa shape index (κ3) is 1.94. The maximum atomic E-state index is 13.2. The molecule has 2 atom stereocenters. The number of benzene rings is 1. The van der Waals surface area contributed by atoms with Crippen LogP contribution in [0.5, 0.6) is 5.75 Å². The van der Waals surface area contributed by atoms with Gasteiger partial charge in [0.1, 0.15) is 17.2 Å². The van der Waals surface area contributed by atoms with Gasteiger partial charge in [-0.15, -0.1) is 0 Å². The molecule has 3 nitrogen and oxygen atoms in total. The zero-order chi connectivity index (χ0) is 13.0. The van der Waals surface area contributed by atoms with Crippen LogP contribution in [0.4, 0.5) is 4.39 Å². The SMILES string of the molecule is O[C@H]1CC2(CCN(C3CC3)C2)Oc2ccc(F)cc21. The number of halogens is 1. The molecule has 0 bridgehead atoms. The fraction of sp³-hybridized carbons (Fsp3) is 0.600. The Hall–Kier alpha value is -1.13. The molecule has 0 aromatic heterocycles. The zero-order valence-electron chi connectivity index (χ0n) is 10.8. The van der Waals surface area contributed by atoms with Crippen LogP contribution in [0.25, 0.3) is 0 Å². The molecule has 1 saturated carbocycles. The van der Waals surface area contributed by atoms with Crippen molar-refractivity contribution in [3.8, 4) is 5.75 Å². The molecule has 1 unspecified atom stereocenters. The predicted molar refractivity (Wildman–Crippen MR) is 68.5 cm³/mol. The molecule has 2 aliphatic heterocycles. The van der Waals surface area contributed by atoms with Crippen molar-refractivity contribution >= 4 is 0 Å². The third-order valence-corrected chi connectivity index (χ3v) is 4.63. The van der Waals surface area contributed by atoms with E-state index in [0.717, 1.165) is 25.6 Å². The number of hydrogen-bond acceptors (Lipinski definition) is 3. The van der Waals surface area contributed by atoms with Gasteiger partial charge in [0.05, 0.1) is 6.10 Å². The van der Waals surface area contributed by atoms with Gasteiger partial charge >= 0.3 is 0 Å². The first kappa shape index (κ1) is 11.7. The van der Waals surface area contributed by atoms with Crippen molar-refractivity contribution in [3.05, 3.63) is 29.6 Å². The molecule has 0 amide bonds. The Morgan fingerprint density at radius 3 is 3.00 bits per heavy atom. The van der Waals surface area contributed by atoms with Crippen LogP contribution in [-0.2, 0) is 0 Å². The monoisotopic (exact) mass is 263 g/mol. The van der Waals surface area contributed by atoms with Crippen molar-refractivity contribution in [3.63, 3.8) is 0 Å². The summed E-state index contributed by atoms with van der Waals surface area (Å²) < 4.78 is 19.4. The lowest BCUT2D eigenvalue weighted by Crippen LogP contribution is -2.44. The standard InChI is InChI=1S/C15H18FNO2/c16-10-1-4-14-12(7-10)13(18)8-15(19-14)5-6-17(9-15)11-2-3-11/h1,4,7,11,13,18H,2-3,5-6,8-9H2/t13-,15?/m0/s1. The molecule has 2 fully saturated rings. The second-order valence-electron chi connectivity index (χ2n) is 6.14. The smallest absolute Gasteiger partial charge is 0.126 e. The number of likely N-dealkylation sites (tertiary alicyclic amines) is 1. The number of fused-ring (bicyclic) bond motifs is 1. The van der Waals surface area contributed by atoms with E-state index in [1.807, 2.05) is 0 Å². The molecular formula is C15H18FNO2. The highest BCUT2D eigenvalue weighted by Gasteiger charge is 2.48. The molecule has 1 aromatic rings. The van der Waals surface area contributed by atoms with E-state index in [1.54, 1.807) is 6.07 Å². The first-order valence-electron chi connectivity index (χ1n) is 7.06. The van der Waals surface area contributed by atoms with E-state index in [2.05, 4.69) is 4.90 Å². The number of aliphatic hydroxyl groups excluding tert-OH is 1. The highest BCUT2D eigenvalue weighted by molar-refractivity contribution is 5.39. The summed E-state index contributed by atoms with van der Waals surface area (Å²) in [5.74, 6) is 0.334. The van der Waals surface area contributed by atoms with Crippen molar-refractivity contribution in [2.24, 2.45) is 0 Å². The number of rotatable bonds is 1. The van der Waals surface area contributed by atoms with Gasteiger partial charge in [0.25, 0.3) is 0 Å². The lowest BCUT2D eigenvalue weighted by atomic mass is 9.88. The van der Waals surface area contributed by atoms with E-state index < -0.39 is 6.10 Å². The van der Waals surface area contributed by atoms with Crippen molar-refractivity contribution in [1.29, 1.82) is 0 Å². The van der Waals surface area contributed by atoms with E-state index >= 15 is 0 Å². The van der Waals surface area contributed by atoms with E-state index in [9.17, 15) is 9.50 Å². The minimum Gasteiger partial charge on any atom is -0.485 e. The molecular weight excluding hydrogens is 245 g/mol. The normalized spacial score (nSPS) is 34.3. The Morgan fingerprint density at radius 1 is 1.37 bits per heavy atom. The van der Waals surface area contributed by atoms with Crippen LogP contribution in [-0.4, -0.2) is 34.7 Å². The largest absolute Gasteiger partial charge is 0.485 e. The van der Waals surface area contributed by atoms with E-state index in [0.29, 0.717) is 17.7 Å². The molecule has 19 heavy (non-hydrogen) atoms. The third-order valence-electron chi connectivity index (χ3n) is 4.63. The van der Waals surface area contributed by atoms with Crippen LogP contribution in [0.1, 0.15) is 37.4 Å². The number of aliphatic hydroxyl groups is 1. The summed E-state index contributed by atoms with van der Waals surface area (Å²) in [5.41, 5.74) is 0.322.